The first-order valence-corrected chi connectivity index (χ1v) is 6.98. The normalized spacial score (nSPS) is 11.9. The van der Waals surface area contributed by atoms with Gasteiger partial charge >= 0.3 is 6.18 Å². The van der Waals surface area contributed by atoms with E-state index < -0.39 is 11.9 Å². The smallest absolute Gasteiger partial charge is 0.433 e. The first-order chi connectivity index (χ1) is 11.6. The maximum absolute atomic E-state index is 12.7. The van der Waals surface area contributed by atoms with E-state index in [0.29, 0.717) is 5.69 Å². The fourth-order valence-corrected chi connectivity index (χ4v) is 1.89. The predicted molar refractivity (Wildman–Crippen MR) is 87.9 cm³/mol. The van der Waals surface area contributed by atoms with Crippen LogP contribution in [0, 0.1) is 0 Å². The van der Waals surface area contributed by atoms with Crippen molar-refractivity contribution in [2.75, 3.05) is 0 Å². The first-order valence-electron chi connectivity index (χ1n) is 6.60. The van der Waals surface area contributed by atoms with Crippen LogP contribution in [0.5, 0.6) is 11.6 Å². The topological polar surface area (TPSA) is 125 Å². The van der Waals surface area contributed by atoms with E-state index in [9.17, 15) is 13.2 Å². The van der Waals surface area contributed by atoms with E-state index in [1.807, 2.05) is 0 Å². The zero-order valence-corrected chi connectivity index (χ0v) is 13.2. The SMILES string of the molecule is NC(N)=NC(N)=Nc1ccc(Oc2cccc(C(F)(F)F)n2)c(Cl)c1. The Kier molecular flexibility index (Phi) is 5.32. The fraction of sp³-hybridized carbons (Fsp3) is 0.0714. The molecule has 1 aromatic carbocycles. The largest absolute Gasteiger partial charge is 0.437 e. The summed E-state index contributed by atoms with van der Waals surface area (Å²) in [6, 6.07) is 7.51. The van der Waals surface area contributed by atoms with E-state index >= 15 is 0 Å². The van der Waals surface area contributed by atoms with Crippen molar-refractivity contribution in [3.8, 4) is 11.6 Å². The van der Waals surface area contributed by atoms with Crippen molar-refractivity contribution in [3.05, 3.63) is 47.1 Å². The molecule has 0 atom stereocenters. The van der Waals surface area contributed by atoms with Crippen molar-refractivity contribution >= 4 is 29.2 Å². The van der Waals surface area contributed by atoms with Crippen molar-refractivity contribution in [3.63, 3.8) is 0 Å². The monoisotopic (exact) mass is 372 g/mol. The number of aliphatic imine (C=N–C) groups is 2. The predicted octanol–water partition coefficient (Wildman–Crippen LogP) is 2.77. The molecule has 1 heterocycles. The van der Waals surface area contributed by atoms with E-state index in [0.717, 1.165) is 6.07 Å². The number of guanidine groups is 2. The number of rotatable bonds is 3. The lowest BCUT2D eigenvalue weighted by atomic mass is 10.3. The van der Waals surface area contributed by atoms with Crippen LogP contribution in [-0.2, 0) is 6.18 Å². The van der Waals surface area contributed by atoms with Gasteiger partial charge < -0.3 is 21.9 Å². The van der Waals surface area contributed by atoms with Crippen molar-refractivity contribution in [2.45, 2.75) is 6.18 Å². The highest BCUT2D eigenvalue weighted by Gasteiger charge is 2.32. The van der Waals surface area contributed by atoms with Crippen molar-refractivity contribution in [2.24, 2.45) is 27.2 Å². The lowest BCUT2D eigenvalue weighted by molar-refractivity contribution is -0.141. The molecule has 0 saturated carbocycles. The highest BCUT2D eigenvalue weighted by atomic mass is 35.5. The average molecular weight is 373 g/mol. The molecule has 0 bridgehead atoms. The van der Waals surface area contributed by atoms with E-state index in [4.69, 9.17) is 33.5 Å². The van der Waals surface area contributed by atoms with E-state index in [1.54, 1.807) is 0 Å². The Bertz CT molecular complexity index is 834. The minimum absolute atomic E-state index is 0.0814. The molecule has 2 rings (SSSR count). The molecule has 132 valence electrons. The molecule has 0 spiro atoms. The molecule has 2 aromatic rings. The van der Waals surface area contributed by atoms with Gasteiger partial charge in [0.15, 0.2) is 5.96 Å². The highest BCUT2D eigenvalue weighted by molar-refractivity contribution is 6.32. The third-order valence-corrected chi connectivity index (χ3v) is 2.93. The Hall–Kier alpha value is -3.01. The number of alkyl halides is 3. The van der Waals surface area contributed by atoms with Crippen molar-refractivity contribution in [1.82, 2.24) is 4.98 Å². The molecular formula is C14H12ClF3N6O. The summed E-state index contributed by atoms with van der Waals surface area (Å²) in [6.45, 7) is 0. The summed E-state index contributed by atoms with van der Waals surface area (Å²) in [5.41, 5.74) is 15.1. The van der Waals surface area contributed by atoms with Gasteiger partial charge in [-0.15, -0.1) is 0 Å². The standard InChI is InChI=1S/C14H12ClF3N6O/c15-8-6-7(22-13(21)24-12(19)20)4-5-9(8)25-11-3-1-2-10(23-11)14(16,17)18/h1-6H,(H6,19,20,21,22,24). The first kappa shape index (κ1) is 18.3. The minimum Gasteiger partial charge on any atom is -0.437 e. The number of hydrogen-bond donors (Lipinski definition) is 3. The van der Waals surface area contributed by atoms with Crippen LogP contribution >= 0.6 is 11.6 Å². The fourth-order valence-electron chi connectivity index (χ4n) is 1.67. The van der Waals surface area contributed by atoms with Crippen LogP contribution in [-0.4, -0.2) is 16.9 Å². The van der Waals surface area contributed by atoms with E-state index in [-0.39, 0.29) is 28.6 Å². The molecule has 0 unspecified atom stereocenters. The maximum atomic E-state index is 12.7. The molecule has 0 aliphatic heterocycles. The van der Waals surface area contributed by atoms with Gasteiger partial charge in [0.05, 0.1) is 10.7 Å². The Morgan fingerprint density at radius 1 is 1.12 bits per heavy atom. The number of nitrogens with zero attached hydrogens (tertiary/aromatic N) is 3. The lowest BCUT2D eigenvalue weighted by Crippen LogP contribution is -2.26. The zero-order valence-electron chi connectivity index (χ0n) is 12.5. The summed E-state index contributed by atoms with van der Waals surface area (Å²) < 4.78 is 43.2. The van der Waals surface area contributed by atoms with Gasteiger partial charge in [-0.3, -0.25) is 0 Å². The Morgan fingerprint density at radius 3 is 2.44 bits per heavy atom. The zero-order chi connectivity index (χ0) is 18.6. The van der Waals surface area contributed by atoms with Gasteiger partial charge in [0.1, 0.15) is 11.4 Å². The molecule has 0 amide bonds. The molecular weight excluding hydrogens is 361 g/mol. The molecule has 0 aliphatic rings. The van der Waals surface area contributed by atoms with Crippen LogP contribution in [0.15, 0.2) is 46.4 Å². The summed E-state index contributed by atoms with van der Waals surface area (Å²) >= 11 is 6.03. The average Bonchev–Trinajstić information content (AvgIpc) is 2.48. The van der Waals surface area contributed by atoms with Crippen LogP contribution < -0.4 is 21.9 Å². The molecule has 25 heavy (non-hydrogen) atoms. The van der Waals surface area contributed by atoms with Crippen LogP contribution in [0.25, 0.3) is 0 Å². The number of nitrogens with two attached hydrogens (primary N) is 3. The van der Waals surface area contributed by atoms with Gasteiger partial charge in [-0.05, 0) is 24.3 Å². The molecule has 0 fully saturated rings. The van der Waals surface area contributed by atoms with Crippen molar-refractivity contribution in [1.29, 1.82) is 0 Å². The third-order valence-electron chi connectivity index (χ3n) is 2.63. The molecule has 1 aromatic heterocycles. The molecule has 0 aliphatic carbocycles. The van der Waals surface area contributed by atoms with Gasteiger partial charge in [-0.2, -0.15) is 18.2 Å². The third kappa shape index (κ3) is 5.24. The number of benzene rings is 1. The van der Waals surface area contributed by atoms with Gasteiger partial charge in [0, 0.05) is 6.07 Å². The molecule has 11 heteroatoms. The lowest BCUT2D eigenvalue weighted by Gasteiger charge is -2.10. The van der Waals surface area contributed by atoms with Crippen molar-refractivity contribution < 1.29 is 17.9 Å². The molecule has 0 saturated heterocycles. The second-order valence-corrected chi connectivity index (χ2v) is 4.99. The summed E-state index contributed by atoms with van der Waals surface area (Å²) in [4.78, 5) is 10.8. The Morgan fingerprint density at radius 2 is 1.84 bits per heavy atom. The summed E-state index contributed by atoms with van der Waals surface area (Å²) in [7, 11) is 0. The summed E-state index contributed by atoms with van der Waals surface area (Å²) in [5.74, 6) is -0.618. The van der Waals surface area contributed by atoms with Crippen LogP contribution in [0.1, 0.15) is 5.69 Å². The summed E-state index contributed by atoms with van der Waals surface area (Å²) in [6.07, 6.45) is -4.58. The van der Waals surface area contributed by atoms with Gasteiger partial charge in [0.25, 0.3) is 0 Å². The van der Waals surface area contributed by atoms with Gasteiger partial charge in [0.2, 0.25) is 11.8 Å². The second kappa shape index (κ2) is 7.26. The minimum atomic E-state index is -4.58. The van der Waals surface area contributed by atoms with E-state index in [1.165, 1.54) is 30.3 Å². The molecule has 0 radical (unpaired) electrons. The number of hydrogen-bond acceptors (Lipinski definition) is 3. The second-order valence-electron chi connectivity index (χ2n) is 4.58. The summed E-state index contributed by atoms with van der Waals surface area (Å²) in [5, 5.41) is 0.0814. The van der Waals surface area contributed by atoms with Gasteiger partial charge in [-0.1, -0.05) is 17.7 Å². The maximum Gasteiger partial charge on any atom is 0.433 e. The quantitative estimate of drug-likeness (QED) is 0.564. The number of halogens is 4. The van der Waals surface area contributed by atoms with Crippen LogP contribution in [0.2, 0.25) is 5.02 Å². The Labute approximate surface area is 145 Å². The molecule has 7 nitrogen and oxygen atoms in total. The number of ether oxygens (including phenoxy) is 1. The molecule has 6 N–H and O–H groups in total. The Balaban J connectivity index is 2.24. The number of aromatic nitrogens is 1. The van der Waals surface area contributed by atoms with Crippen LogP contribution in [0.3, 0.4) is 0 Å². The van der Waals surface area contributed by atoms with Crippen LogP contribution in [0.4, 0.5) is 18.9 Å². The van der Waals surface area contributed by atoms with E-state index in [2.05, 4.69) is 15.0 Å². The van der Waals surface area contributed by atoms with Gasteiger partial charge in [-0.25, -0.2) is 9.98 Å². The number of pyridine rings is 1. The highest BCUT2D eigenvalue weighted by Crippen LogP contribution is 2.33.